The van der Waals surface area contributed by atoms with E-state index in [1.165, 1.54) is 12.1 Å². The van der Waals surface area contributed by atoms with Crippen molar-refractivity contribution in [1.82, 2.24) is 0 Å². The Kier molecular flexibility index (Phi) is 4.91. The molecule has 0 aliphatic heterocycles. The quantitative estimate of drug-likeness (QED) is 0.535. The van der Waals surface area contributed by atoms with E-state index in [0.717, 1.165) is 11.6 Å². The van der Waals surface area contributed by atoms with Gasteiger partial charge in [-0.2, -0.15) is 13.2 Å². The fourth-order valence-electron chi connectivity index (χ4n) is 1.89. The van der Waals surface area contributed by atoms with E-state index in [1.54, 1.807) is 0 Å². The second-order valence-corrected chi connectivity index (χ2v) is 6.35. The Balaban J connectivity index is 2.27. The zero-order valence-electron chi connectivity index (χ0n) is 10.3. The number of hydrogen-bond acceptors (Lipinski definition) is 0. The predicted octanol–water partition coefficient (Wildman–Crippen LogP) is 6.15. The van der Waals surface area contributed by atoms with Crippen LogP contribution in [0.5, 0.6) is 0 Å². The molecule has 0 spiro atoms. The standard InChI is InChI=1S/C15H11Br2F3/c16-13-7-6-11(15(18,19)20)9-12(13)14(17)8-10-4-2-1-3-5-10/h1-7,9,14H,8H2. The molecule has 0 radical (unpaired) electrons. The molecular formula is C15H11Br2F3. The SMILES string of the molecule is FC(F)(F)c1ccc(Br)c(C(Br)Cc2ccccc2)c1. The van der Waals surface area contributed by atoms with Crippen LogP contribution in [0.1, 0.15) is 21.5 Å². The van der Waals surface area contributed by atoms with E-state index >= 15 is 0 Å². The monoisotopic (exact) mass is 406 g/mol. The van der Waals surface area contributed by atoms with Crippen molar-refractivity contribution in [3.63, 3.8) is 0 Å². The molecule has 1 unspecified atom stereocenters. The Morgan fingerprint density at radius 2 is 1.65 bits per heavy atom. The van der Waals surface area contributed by atoms with E-state index in [9.17, 15) is 13.2 Å². The van der Waals surface area contributed by atoms with Crippen molar-refractivity contribution in [2.24, 2.45) is 0 Å². The Labute approximate surface area is 132 Å². The fraction of sp³-hybridized carbons (Fsp3) is 0.200. The lowest BCUT2D eigenvalue weighted by Gasteiger charge is -2.15. The van der Waals surface area contributed by atoms with Crippen LogP contribution in [0.25, 0.3) is 0 Å². The number of hydrogen-bond donors (Lipinski definition) is 0. The molecule has 0 nitrogen and oxygen atoms in total. The van der Waals surface area contributed by atoms with Gasteiger partial charge in [0.2, 0.25) is 0 Å². The van der Waals surface area contributed by atoms with Crippen LogP contribution in [-0.2, 0) is 12.6 Å². The van der Waals surface area contributed by atoms with E-state index < -0.39 is 11.7 Å². The average molecular weight is 408 g/mol. The highest BCUT2D eigenvalue weighted by Crippen LogP contribution is 2.37. The van der Waals surface area contributed by atoms with Crippen LogP contribution in [-0.4, -0.2) is 0 Å². The summed E-state index contributed by atoms with van der Waals surface area (Å²) >= 11 is 6.79. The van der Waals surface area contributed by atoms with Crippen molar-refractivity contribution < 1.29 is 13.2 Å². The van der Waals surface area contributed by atoms with Crippen LogP contribution in [0.4, 0.5) is 13.2 Å². The van der Waals surface area contributed by atoms with Crippen molar-refractivity contribution in [3.05, 3.63) is 69.7 Å². The van der Waals surface area contributed by atoms with E-state index in [4.69, 9.17) is 0 Å². The van der Waals surface area contributed by atoms with Gasteiger partial charge in [0, 0.05) is 9.30 Å². The molecule has 2 rings (SSSR count). The Bertz CT molecular complexity index is 579. The molecule has 0 saturated heterocycles. The van der Waals surface area contributed by atoms with Gasteiger partial charge in [-0.3, -0.25) is 0 Å². The number of halogens is 5. The van der Waals surface area contributed by atoms with Crippen LogP contribution in [0.3, 0.4) is 0 Å². The topological polar surface area (TPSA) is 0 Å². The molecule has 106 valence electrons. The lowest BCUT2D eigenvalue weighted by atomic mass is 10.0. The smallest absolute Gasteiger partial charge is 0.166 e. The summed E-state index contributed by atoms with van der Waals surface area (Å²) in [4.78, 5) is -0.179. The molecule has 5 heteroatoms. The van der Waals surface area contributed by atoms with Gasteiger partial charge in [-0.1, -0.05) is 62.2 Å². The summed E-state index contributed by atoms with van der Waals surface area (Å²) in [6, 6.07) is 13.4. The first-order chi connectivity index (χ1) is 9.38. The maximum Gasteiger partial charge on any atom is 0.416 e. The molecule has 0 bridgehead atoms. The highest BCUT2D eigenvalue weighted by atomic mass is 79.9. The molecule has 2 aromatic carbocycles. The minimum atomic E-state index is -4.32. The molecule has 0 heterocycles. The van der Waals surface area contributed by atoms with Crippen molar-refractivity contribution in [1.29, 1.82) is 0 Å². The molecule has 0 aliphatic rings. The molecule has 2 aromatic rings. The second kappa shape index (κ2) is 6.31. The van der Waals surface area contributed by atoms with Gasteiger partial charge in [-0.05, 0) is 35.7 Å². The Morgan fingerprint density at radius 3 is 2.25 bits per heavy atom. The van der Waals surface area contributed by atoms with Gasteiger partial charge in [-0.25, -0.2) is 0 Å². The third-order valence-corrected chi connectivity index (χ3v) is 4.46. The molecular weight excluding hydrogens is 397 g/mol. The van der Waals surface area contributed by atoms with Gasteiger partial charge >= 0.3 is 6.18 Å². The number of benzene rings is 2. The summed E-state index contributed by atoms with van der Waals surface area (Å²) in [5, 5.41) is 0. The highest BCUT2D eigenvalue weighted by Gasteiger charge is 2.31. The molecule has 0 fully saturated rings. The average Bonchev–Trinajstić information content (AvgIpc) is 2.39. The molecule has 20 heavy (non-hydrogen) atoms. The van der Waals surface area contributed by atoms with Gasteiger partial charge in [0.1, 0.15) is 0 Å². The third-order valence-electron chi connectivity index (χ3n) is 2.92. The van der Waals surface area contributed by atoms with E-state index in [1.807, 2.05) is 30.3 Å². The summed E-state index contributed by atoms with van der Waals surface area (Å²) in [7, 11) is 0. The Hall–Kier alpha value is -0.810. The van der Waals surface area contributed by atoms with Gasteiger partial charge in [-0.15, -0.1) is 0 Å². The van der Waals surface area contributed by atoms with E-state index in [2.05, 4.69) is 31.9 Å². The predicted molar refractivity (Wildman–Crippen MR) is 81.0 cm³/mol. The first kappa shape index (κ1) is 15.6. The summed E-state index contributed by atoms with van der Waals surface area (Å²) in [6.45, 7) is 0. The summed E-state index contributed by atoms with van der Waals surface area (Å²) in [5.41, 5.74) is 1.04. The number of alkyl halides is 4. The normalized spacial score (nSPS) is 13.2. The van der Waals surface area contributed by atoms with Crippen molar-refractivity contribution in [2.75, 3.05) is 0 Å². The van der Waals surface area contributed by atoms with E-state index in [-0.39, 0.29) is 4.83 Å². The lowest BCUT2D eigenvalue weighted by molar-refractivity contribution is -0.137. The molecule has 1 atom stereocenters. The summed E-state index contributed by atoms with van der Waals surface area (Å²) in [6.07, 6.45) is -3.70. The van der Waals surface area contributed by atoms with Crippen LogP contribution < -0.4 is 0 Å². The van der Waals surface area contributed by atoms with Crippen molar-refractivity contribution in [3.8, 4) is 0 Å². The fourth-order valence-corrected chi connectivity index (χ4v) is 3.47. The van der Waals surface area contributed by atoms with Crippen LogP contribution in [0.2, 0.25) is 0 Å². The number of rotatable bonds is 3. The largest absolute Gasteiger partial charge is 0.416 e. The van der Waals surface area contributed by atoms with Gasteiger partial charge in [0.15, 0.2) is 0 Å². The van der Waals surface area contributed by atoms with Gasteiger partial charge < -0.3 is 0 Å². The van der Waals surface area contributed by atoms with Crippen LogP contribution in [0, 0.1) is 0 Å². The van der Waals surface area contributed by atoms with Crippen LogP contribution >= 0.6 is 31.9 Å². The van der Waals surface area contributed by atoms with Gasteiger partial charge in [0.25, 0.3) is 0 Å². The highest BCUT2D eigenvalue weighted by molar-refractivity contribution is 9.11. The summed E-state index contributed by atoms with van der Waals surface area (Å²) in [5.74, 6) is 0. The zero-order valence-corrected chi connectivity index (χ0v) is 13.5. The maximum absolute atomic E-state index is 12.8. The van der Waals surface area contributed by atoms with Crippen LogP contribution in [0.15, 0.2) is 53.0 Å². The van der Waals surface area contributed by atoms with Crippen molar-refractivity contribution in [2.45, 2.75) is 17.4 Å². The molecule has 0 saturated carbocycles. The molecule has 0 N–H and O–H groups in total. The van der Waals surface area contributed by atoms with Gasteiger partial charge in [0.05, 0.1) is 5.56 Å². The third kappa shape index (κ3) is 3.85. The van der Waals surface area contributed by atoms with Crippen molar-refractivity contribution >= 4 is 31.9 Å². The minimum absolute atomic E-state index is 0.179. The molecule has 0 aliphatic carbocycles. The lowest BCUT2D eigenvalue weighted by Crippen LogP contribution is -2.07. The Morgan fingerprint density at radius 1 is 1.00 bits per heavy atom. The van der Waals surface area contributed by atoms with E-state index in [0.29, 0.717) is 16.5 Å². The first-order valence-electron chi connectivity index (χ1n) is 5.92. The summed E-state index contributed by atoms with van der Waals surface area (Å²) < 4.78 is 38.9. The maximum atomic E-state index is 12.8. The molecule has 0 amide bonds. The second-order valence-electron chi connectivity index (χ2n) is 4.39. The molecule has 0 aromatic heterocycles. The zero-order chi connectivity index (χ0) is 14.8. The first-order valence-corrected chi connectivity index (χ1v) is 7.63. The minimum Gasteiger partial charge on any atom is -0.166 e.